The molecule has 0 radical (unpaired) electrons. The SMILES string of the molecule is COc1ccc(C(=O)NC2CCC(C)NC2C)cc1F. The molecule has 0 aliphatic carbocycles. The monoisotopic (exact) mass is 280 g/mol. The van der Waals surface area contributed by atoms with Crippen LogP contribution in [0.25, 0.3) is 0 Å². The zero-order valence-electron chi connectivity index (χ0n) is 12.1. The molecule has 2 rings (SSSR count). The fraction of sp³-hybridized carbons (Fsp3) is 0.533. The lowest BCUT2D eigenvalue weighted by Crippen LogP contribution is -2.54. The van der Waals surface area contributed by atoms with Crippen molar-refractivity contribution in [1.82, 2.24) is 10.6 Å². The van der Waals surface area contributed by atoms with Crippen LogP contribution in [0.3, 0.4) is 0 Å². The van der Waals surface area contributed by atoms with Gasteiger partial charge in [0, 0.05) is 23.7 Å². The Morgan fingerprint density at radius 2 is 2.15 bits per heavy atom. The molecule has 2 N–H and O–H groups in total. The van der Waals surface area contributed by atoms with Crippen LogP contribution >= 0.6 is 0 Å². The van der Waals surface area contributed by atoms with Crippen molar-refractivity contribution in [3.8, 4) is 5.75 Å². The van der Waals surface area contributed by atoms with Gasteiger partial charge in [-0.1, -0.05) is 0 Å². The van der Waals surface area contributed by atoms with Gasteiger partial charge in [-0.05, 0) is 44.9 Å². The highest BCUT2D eigenvalue weighted by Gasteiger charge is 2.26. The molecule has 0 saturated carbocycles. The largest absolute Gasteiger partial charge is 0.494 e. The highest BCUT2D eigenvalue weighted by Crippen LogP contribution is 2.18. The van der Waals surface area contributed by atoms with E-state index in [0.717, 1.165) is 12.8 Å². The second-order valence-electron chi connectivity index (χ2n) is 5.36. The van der Waals surface area contributed by atoms with E-state index in [1.807, 2.05) is 0 Å². The lowest BCUT2D eigenvalue weighted by Gasteiger charge is -2.34. The Bertz CT molecular complexity index is 493. The first-order valence-electron chi connectivity index (χ1n) is 6.91. The number of methoxy groups -OCH3 is 1. The fourth-order valence-corrected chi connectivity index (χ4v) is 2.58. The van der Waals surface area contributed by atoms with Crippen LogP contribution in [-0.2, 0) is 0 Å². The molecular weight excluding hydrogens is 259 g/mol. The summed E-state index contributed by atoms with van der Waals surface area (Å²) in [4.78, 5) is 12.1. The maximum Gasteiger partial charge on any atom is 0.251 e. The molecule has 20 heavy (non-hydrogen) atoms. The topological polar surface area (TPSA) is 50.4 Å². The predicted octanol–water partition coefficient (Wildman–Crippen LogP) is 2.09. The Morgan fingerprint density at radius 3 is 2.75 bits per heavy atom. The molecule has 1 aromatic carbocycles. The lowest BCUT2D eigenvalue weighted by atomic mass is 9.95. The number of halogens is 1. The van der Waals surface area contributed by atoms with Crippen LogP contribution in [0.15, 0.2) is 18.2 Å². The van der Waals surface area contributed by atoms with Crippen molar-refractivity contribution in [1.29, 1.82) is 0 Å². The van der Waals surface area contributed by atoms with Crippen molar-refractivity contribution in [3.63, 3.8) is 0 Å². The molecule has 3 atom stereocenters. The van der Waals surface area contributed by atoms with Crippen LogP contribution < -0.4 is 15.4 Å². The molecule has 1 fully saturated rings. The minimum atomic E-state index is -0.524. The molecule has 1 aromatic rings. The minimum absolute atomic E-state index is 0.0730. The van der Waals surface area contributed by atoms with Crippen molar-refractivity contribution in [2.75, 3.05) is 7.11 Å². The number of nitrogens with one attached hydrogen (secondary N) is 2. The molecule has 0 aromatic heterocycles. The Balaban J connectivity index is 2.03. The number of carbonyl (C=O) groups excluding carboxylic acids is 1. The van der Waals surface area contributed by atoms with E-state index in [-0.39, 0.29) is 23.7 Å². The summed E-state index contributed by atoms with van der Waals surface area (Å²) >= 11 is 0. The number of hydrogen-bond acceptors (Lipinski definition) is 3. The van der Waals surface area contributed by atoms with Gasteiger partial charge in [0.1, 0.15) is 0 Å². The van der Waals surface area contributed by atoms with Gasteiger partial charge in [-0.25, -0.2) is 4.39 Å². The quantitative estimate of drug-likeness (QED) is 0.891. The Labute approximate surface area is 118 Å². The molecular formula is C15H21FN2O2. The van der Waals surface area contributed by atoms with E-state index < -0.39 is 5.82 Å². The van der Waals surface area contributed by atoms with E-state index in [1.165, 1.54) is 19.2 Å². The Morgan fingerprint density at radius 1 is 1.40 bits per heavy atom. The summed E-state index contributed by atoms with van der Waals surface area (Å²) in [7, 11) is 1.40. The third kappa shape index (κ3) is 3.28. The van der Waals surface area contributed by atoms with Crippen LogP contribution in [0.4, 0.5) is 4.39 Å². The molecule has 4 nitrogen and oxygen atoms in total. The molecule has 1 heterocycles. The van der Waals surface area contributed by atoms with Gasteiger partial charge >= 0.3 is 0 Å². The second kappa shape index (κ2) is 6.22. The summed E-state index contributed by atoms with van der Waals surface area (Å²) in [5.41, 5.74) is 0.314. The van der Waals surface area contributed by atoms with E-state index in [2.05, 4.69) is 24.5 Å². The number of ether oxygens (including phenoxy) is 1. The van der Waals surface area contributed by atoms with Gasteiger partial charge in [-0.2, -0.15) is 0 Å². The van der Waals surface area contributed by atoms with Crippen molar-refractivity contribution in [2.24, 2.45) is 0 Å². The Hall–Kier alpha value is -1.62. The number of rotatable bonds is 3. The summed E-state index contributed by atoms with van der Waals surface area (Å²) in [6.07, 6.45) is 1.95. The highest BCUT2D eigenvalue weighted by atomic mass is 19.1. The summed E-state index contributed by atoms with van der Waals surface area (Å²) in [5.74, 6) is -0.633. The van der Waals surface area contributed by atoms with Crippen molar-refractivity contribution >= 4 is 5.91 Å². The first kappa shape index (κ1) is 14.8. The molecule has 1 amide bonds. The number of amides is 1. The third-order valence-corrected chi connectivity index (χ3v) is 3.79. The molecule has 5 heteroatoms. The second-order valence-corrected chi connectivity index (χ2v) is 5.36. The fourth-order valence-electron chi connectivity index (χ4n) is 2.58. The average Bonchev–Trinajstić information content (AvgIpc) is 2.41. The van der Waals surface area contributed by atoms with Gasteiger partial charge in [0.2, 0.25) is 0 Å². The summed E-state index contributed by atoms with van der Waals surface area (Å²) < 4.78 is 18.4. The molecule has 3 unspecified atom stereocenters. The van der Waals surface area contributed by atoms with Gasteiger partial charge in [0.05, 0.1) is 7.11 Å². The van der Waals surface area contributed by atoms with Gasteiger partial charge in [-0.3, -0.25) is 4.79 Å². The Kier molecular flexibility index (Phi) is 4.60. The van der Waals surface area contributed by atoms with Crippen LogP contribution in [0.2, 0.25) is 0 Å². The van der Waals surface area contributed by atoms with Crippen LogP contribution in [0.5, 0.6) is 5.75 Å². The number of piperidine rings is 1. The number of carbonyl (C=O) groups is 1. The summed E-state index contributed by atoms with van der Waals surface area (Å²) in [5, 5.41) is 6.37. The van der Waals surface area contributed by atoms with Crippen molar-refractivity contribution in [3.05, 3.63) is 29.6 Å². The van der Waals surface area contributed by atoms with Crippen molar-refractivity contribution in [2.45, 2.75) is 44.8 Å². The molecule has 1 saturated heterocycles. The van der Waals surface area contributed by atoms with Gasteiger partial charge in [0.25, 0.3) is 5.91 Å². The normalized spacial score (nSPS) is 26.1. The minimum Gasteiger partial charge on any atom is -0.494 e. The van der Waals surface area contributed by atoms with E-state index >= 15 is 0 Å². The third-order valence-electron chi connectivity index (χ3n) is 3.79. The van der Waals surface area contributed by atoms with E-state index in [0.29, 0.717) is 11.6 Å². The van der Waals surface area contributed by atoms with Crippen molar-refractivity contribution < 1.29 is 13.9 Å². The van der Waals surface area contributed by atoms with Gasteiger partial charge in [0.15, 0.2) is 11.6 Å². The standard InChI is InChI=1S/C15H21FN2O2/c1-9-4-6-13(10(2)17-9)18-15(19)11-5-7-14(20-3)12(16)8-11/h5,7-10,13,17H,4,6H2,1-3H3,(H,18,19). The van der Waals surface area contributed by atoms with E-state index in [1.54, 1.807) is 6.07 Å². The smallest absolute Gasteiger partial charge is 0.251 e. The first-order chi connectivity index (χ1) is 9.51. The van der Waals surface area contributed by atoms with Crippen LogP contribution in [-0.4, -0.2) is 31.1 Å². The molecule has 0 spiro atoms. The van der Waals surface area contributed by atoms with Gasteiger partial charge < -0.3 is 15.4 Å². The molecule has 1 aliphatic heterocycles. The first-order valence-corrected chi connectivity index (χ1v) is 6.91. The van der Waals surface area contributed by atoms with Gasteiger partial charge in [-0.15, -0.1) is 0 Å². The number of hydrogen-bond donors (Lipinski definition) is 2. The van der Waals surface area contributed by atoms with E-state index in [4.69, 9.17) is 4.74 Å². The molecule has 110 valence electrons. The van der Waals surface area contributed by atoms with Crippen LogP contribution in [0.1, 0.15) is 37.0 Å². The zero-order valence-corrected chi connectivity index (χ0v) is 12.1. The predicted molar refractivity (Wildman–Crippen MR) is 75.5 cm³/mol. The maximum atomic E-state index is 13.6. The van der Waals surface area contributed by atoms with Crippen LogP contribution in [0, 0.1) is 5.82 Å². The maximum absolute atomic E-state index is 13.6. The molecule has 1 aliphatic rings. The number of benzene rings is 1. The highest BCUT2D eigenvalue weighted by molar-refractivity contribution is 5.94. The summed E-state index contributed by atoms with van der Waals surface area (Å²) in [6.45, 7) is 4.18. The summed E-state index contributed by atoms with van der Waals surface area (Å²) in [6, 6.07) is 5.00. The lowest BCUT2D eigenvalue weighted by molar-refractivity contribution is 0.0914. The zero-order chi connectivity index (χ0) is 14.7. The molecule has 0 bridgehead atoms. The van der Waals surface area contributed by atoms with E-state index in [9.17, 15) is 9.18 Å². The average molecular weight is 280 g/mol.